The number of hydrogen-bond acceptors (Lipinski definition) is 4. The first-order valence-corrected chi connectivity index (χ1v) is 7.04. The van der Waals surface area contributed by atoms with Gasteiger partial charge in [-0.1, -0.05) is 0 Å². The van der Waals surface area contributed by atoms with Crippen molar-refractivity contribution in [3.8, 4) is 17.0 Å². The summed E-state index contributed by atoms with van der Waals surface area (Å²) < 4.78 is 0. The van der Waals surface area contributed by atoms with Gasteiger partial charge in [-0.2, -0.15) is 0 Å². The molecule has 3 rings (SSSR count). The zero-order chi connectivity index (χ0) is 14.1. The zero-order valence-corrected chi connectivity index (χ0v) is 11.9. The van der Waals surface area contributed by atoms with E-state index in [1.165, 1.54) is 12.8 Å². The summed E-state index contributed by atoms with van der Waals surface area (Å²) in [7, 11) is 0. The van der Waals surface area contributed by atoms with Crippen LogP contribution in [0.2, 0.25) is 0 Å². The topological polar surface area (TPSA) is 49.2 Å². The highest BCUT2D eigenvalue weighted by atomic mass is 16.3. The van der Waals surface area contributed by atoms with Gasteiger partial charge in [-0.25, -0.2) is 0 Å². The van der Waals surface area contributed by atoms with Gasteiger partial charge in [-0.15, -0.1) is 10.2 Å². The molecule has 4 heteroatoms. The first-order valence-electron chi connectivity index (χ1n) is 7.04. The van der Waals surface area contributed by atoms with Crippen molar-refractivity contribution in [3.05, 3.63) is 35.4 Å². The number of aromatic hydroxyl groups is 1. The van der Waals surface area contributed by atoms with E-state index in [1.54, 1.807) is 12.1 Å². The highest BCUT2D eigenvalue weighted by Gasteiger charge is 2.15. The number of nitrogens with zero attached hydrogens (tertiary/aromatic N) is 3. The third kappa shape index (κ3) is 2.33. The van der Waals surface area contributed by atoms with E-state index in [4.69, 9.17) is 0 Å². The van der Waals surface area contributed by atoms with Crippen LogP contribution in [0.5, 0.6) is 5.75 Å². The van der Waals surface area contributed by atoms with E-state index >= 15 is 0 Å². The largest absolute Gasteiger partial charge is 0.508 e. The minimum Gasteiger partial charge on any atom is -0.508 e. The highest BCUT2D eigenvalue weighted by Crippen LogP contribution is 2.29. The highest BCUT2D eigenvalue weighted by molar-refractivity contribution is 5.69. The lowest BCUT2D eigenvalue weighted by molar-refractivity contribution is 0.474. The van der Waals surface area contributed by atoms with Gasteiger partial charge in [0.1, 0.15) is 5.75 Å². The van der Waals surface area contributed by atoms with Crippen LogP contribution < -0.4 is 4.90 Å². The second-order valence-corrected chi connectivity index (χ2v) is 5.43. The molecule has 0 saturated carbocycles. The van der Waals surface area contributed by atoms with Crippen LogP contribution in [0.25, 0.3) is 11.3 Å². The molecule has 0 bridgehead atoms. The number of rotatable bonds is 2. The molecule has 1 aromatic carbocycles. The van der Waals surface area contributed by atoms with E-state index in [9.17, 15) is 5.11 Å². The van der Waals surface area contributed by atoms with Crippen molar-refractivity contribution in [2.24, 2.45) is 0 Å². The second-order valence-electron chi connectivity index (χ2n) is 5.43. The van der Waals surface area contributed by atoms with Crippen LogP contribution in [0.15, 0.2) is 24.3 Å². The molecule has 1 fully saturated rings. The van der Waals surface area contributed by atoms with Gasteiger partial charge in [0, 0.05) is 18.7 Å². The van der Waals surface area contributed by atoms with Gasteiger partial charge >= 0.3 is 0 Å². The summed E-state index contributed by atoms with van der Waals surface area (Å²) >= 11 is 0. The third-order valence-electron chi connectivity index (χ3n) is 3.85. The lowest BCUT2D eigenvalue weighted by atomic mass is 9.99. The zero-order valence-electron chi connectivity index (χ0n) is 11.9. The van der Waals surface area contributed by atoms with Crippen LogP contribution in [-0.4, -0.2) is 28.4 Å². The molecular formula is C16H19N3O. The molecule has 0 radical (unpaired) electrons. The molecule has 0 amide bonds. The Labute approximate surface area is 119 Å². The first kappa shape index (κ1) is 12.9. The summed E-state index contributed by atoms with van der Waals surface area (Å²) in [5.41, 5.74) is 3.96. The third-order valence-corrected chi connectivity index (χ3v) is 3.85. The van der Waals surface area contributed by atoms with Gasteiger partial charge in [0.15, 0.2) is 5.82 Å². The Morgan fingerprint density at radius 3 is 2.20 bits per heavy atom. The molecule has 2 aromatic rings. The average molecular weight is 269 g/mol. The van der Waals surface area contributed by atoms with E-state index in [1.807, 2.05) is 26.0 Å². The maximum atomic E-state index is 9.61. The van der Waals surface area contributed by atoms with E-state index in [-0.39, 0.29) is 0 Å². The van der Waals surface area contributed by atoms with Gasteiger partial charge in [-0.3, -0.25) is 0 Å². The van der Waals surface area contributed by atoms with Crippen LogP contribution >= 0.6 is 0 Å². The Bertz CT molecular complexity index is 593. The summed E-state index contributed by atoms with van der Waals surface area (Å²) in [5.74, 6) is 1.26. The van der Waals surface area contributed by atoms with Gasteiger partial charge in [-0.05, 0) is 62.1 Å². The fourth-order valence-electron chi connectivity index (χ4n) is 2.92. The van der Waals surface area contributed by atoms with Crippen LogP contribution in [-0.2, 0) is 0 Å². The number of aromatic nitrogens is 2. The van der Waals surface area contributed by atoms with Crippen LogP contribution in [0.1, 0.15) is 24.0 Å². The van der Waals surface area contributed by atoms with E-state index in [2.05, 4.69) is 15.1 Å². The molecule has 0 unspecified atom stereocenters. The van der Waals surface area contributed by atoms with Gasteiger partial charge in [0.05, 0.1) is 5.69 Å². The summed E-state index contributed by atoms with van der Waals surface area (Å²) in [6.07, 6.45) is 2.47. The minimum atomic E-state index is 0.297. The maximum Gasteiger partial charge on any atom is 0.151 e. The number of phenolic OH excluding ortho intramolecular Hbond substituents is 1. The summed E-state index contributed by atoms with van der Waals surface area (Å²) in [6.45, 7) is 6.12. The summed E-state index contributed by atoms with van der Waals surface area (Å²) in [6, 6.07) is 7.59. The molecule has 1 N–H and O–H groups in total. The molecule has 0 atom stereocenters. The molecule has 4 nitrogen and oxygen atoms in total. The molecule has 1 aliphatic rings. The Kier molecular flexibility index (Phi) is 3.30. The molecular weight excluding hydrogens is 250 g/mol. The van der Waals surface area contributed by atoms with Crippen molar-refractivity contribution in [3.63, 3.8) is 0 Å². The molecule has 0 aliphatic carbocycles. The molecule has 0 spiro atoms. The Morgan fingerprint density at radius 1 is 1.00 bits per heavy atom. The van der Waals surface area contributed by atoms with Crippen molar-refractivity contribution >= 4 is 5.82 Å². The van der Waals surface area contributed by atoms with E-state index < -0.39 is 0 Å². The van der Waals surface area contributed by atoms with Crippen molar-refractivity contribution in [2.75, 3.05) is 18.0 Å². The van der Waals surface area contributed by atoms with Crippen molar-refractivity contribution in [1.82, 2.24) is 10.2 Å². The minimum absolute atomic E-state index is 0.297. The molecule has 1 aromatic heterocycles. The fourth-order valence-corrected chi connectivity index (χ4v) is 2.92. The van der Waals surface area contributed by atoms with Gasteiger partial charge in [0.2, 0.25) is 0 Å². The standard InChI is InChI=1S/C16H19N3O/c1-11-9-13(20)10-12(2)16(11)14-5-6-15(18-17-14)19-7-3-4-8-19/h5-6,9-10,20H,3-4,7-8H2,1-2H3. The smallest absolute Gasteiger partial charge is 0.151 e. The molecule has 1 aliphatic heterocycles. The molecule has 20 heavy (non-hydrogen) atoms. The SMILES string of the molecule is Cc1cc(O)cc(C)c1-c1ccc(N2CCCC2)nn1. The summed E-state index contributed by atoms with van der Waals surface area (Å²) in [5, 5.41) is 18.3. The Balaban J connectivity index is 1.95. The van der Waals surface area contributed by atoms with Gasteiger partial charge < -0.3 is 10.0 Å². The van der Waals surface area contributed by atoms with Crippen LogP contribution in [0, 0.1) is 13.8 Å². The van der Waals surface area contributed by atoms with E-state index in [0.717, 1.165) is 41.3 Å². The summed E-state index contributed by atoms with van der Waals surface area (Å²) in [4.78, 5) is 2.27. The Hall–Kier alpha value is -2.10. The predicted octanol–water partition coefficient (Wildman–Crippen LogP) is 3.07. The van der Waals surface area contributed by atoms with Crippen molar-refractivity contribution in [2.45, 2.75) is 26.7 Å². The number of phenols is 1. The number of anilines is 1. The lowest BCUT2D eigenvalue weighted by Crippen LogP contribution is -2.19. The maximum absolute atomic E-state index is 9.61. The molecule has 1 saturated heterocycles. The number of benzene rings is 1. The average Bonchev–Trinajstić information content (AvgIpc) is 2.92. The van der Waals surface area contributed by atoms with Crippen LogP contribution in [0.3, 0.4) is 0 Å². The predicted molar refractivity (Wildman–Crippen MR) is 80.1 cm³/mol. The van der Waals surface area contributed by atoms with Crippen LogP contribution in [0.4, 0.5) is 5.82 Å². The van der Waals surface area contributed by atoms with Crippen molar-refractivity contribution < 1.29 is 5.11 Å². The first-order chi connectivity index (χ1) is 9.65. The monoisotopic (exact) mass is 269 g/mol. The lowest BCUT2D eigenvalue weighted by Gasteiger charge is -2.16. The molecule has 104 valence electrons. The molecule has 2 heterocycles. The Morgan fingerprint density at radius 2 is 1.65 bits per heavy atom. The van der Waals surface area contributed by atoms with E-state index in [0.29, 0.717) is 5.75 Å². The number of hydrogen-bond donors (Lipinski definition) is 1. The number of aryl methyl sites for hydroxylation is 2. The quantitative estimate of drug-likeness (QED) is 0.910. The normalized spacial score (nSPS) is 14.8. The fraction of sp³-hybridized carbons (Fsp3) is 0.375. The second kappa shape index (κ2) is 5.12. The van der Waals surface area contributed by atoms with Gasteiger partial charge in [0.25, 0.3) is 0 Å². The van der Waals surface area contributed by atoms with Crippen molar-refractivity contribution in [1.29, 1.82) is 0 Å².